The van der Waals surface area contributed by atoms with Gasteiger partial charge in [0.15, 0.2) is 0 Å². The molecule has 0 heterocycles. The highest BCUT2D eigenvalue weighted by atomic mass is 16.5. The number of amides is 2. The minimum Gasteiger partial charge on any atom is -0.494 e. The molecule has 5 nitrogen and oxygen atoms in total. The smallest absolute Gasteiger partial charge is 0.251 e. The highest BCUT2D eigenvalue weighted by Gasteiger charge is 2.08. The zero-order valence-corrected chi connectivity index (χ0v) is 14.0. The van der Waals surface area contributed by atoms with Crippen LogP contribution in [0.3, 0.4) is 0 Å². The Kier molecular flexibility index (Phi) is 6.37. The minimum absolute atomic E-state index is 0.0577. The van der Waals surface area contributed by atoms with Crippen LogP contribution in [0.5, 0.6) is 5.75 Å². The SMILES string of the molecule is CCOc1ccc(C(=O)NCC(=O)NCc2cccc(C)c2)cc1. The summed E-state index contributed by atoms with van der Waals surface area (Å²) in [7, 11) is 0. The van der Waals surface area contributed by atoms with Gasteiger partial charge < -0.3 is 15.4 Å². The third-order valence-corrected chi connectivity index (χ3v) is 3.41. The third kappa shape index (κ3) is 5.43. The normalized spacial score (nSPS) is 10.1. The van der Waals surface area contributed by atoms with Crippen LogP contribution < -0.4 is 15.4 Å². The van der Waals surface area contributed by atoms with Gasteiger partial charge in [-0.1, -0.05) is 29.8 Å². The number of carbonyl (C=O) groups is 2. The monoisotopic (exact) mass is 326 g/mol. The molecule has 0 fully saturated rings. The molecule has 0 atom stereocenters. The second kappa shape index (κ2) is 8.72. The molecule has 0 aromatic heterocycles. The van der Waals surface area contributed by atoms with Crippen molar-refractivity contribution in [2.24, 2.45) is 0 Å². The van der Waals surface area contributed by atoms with E-state index >= 15 is 0 Å². The van der Waals surface area contributed by atoms with Gasteiger partial charge in [0.1, 0.15) is 5.75 Å². The molecule has 0 aliphatic heterocycles. The van der Waals surface area contributed by atoms with Crippen molar-refractivity contribution >= 4 is 11.8 Å². The van der Waals surface area contributed by atoms with E-state index in [-0.39, 0.29) is 18.4 Å². The number of nitrogens with one attached hydrogen (secondary N) is 2. The van der Waals surface area contributed by atoms with Gasteiger partial charge in [-0.3, -0.25) is 9.59 Å². The van der Waals surface area contributed by atoms with Gasteiger partial charge in [0, 0.05) is 12.1 Å². The lowest BCUT2D eigenvalue weighted by molar-refractivity contribution is -0.120. The van der Waals surface area contributed by atoms with E-state index in [1.54, 1.807) is 24.3 Å². The van der Waals surface area contributed by atoms with Gasteiger partial charge in [-0.2, -0.15) is 0 Å². The summed E-state index contributed by atoms with van der Waals surface area (Å²) in [6, 6.07) is 14.7. The van der Waals surface area contributed by atoms with Crippen LogP contribution in [0.1, 0.15) is 28.4 Å². The summed E-state index contributed by atoms with van der Waals surface area (Å²) in [4.78, 5) is 23.8. The molecule has 0 aliphatic carbocycles. The van der Waals surface area contributed by atoms with Gasteiger partial charge in [-0.25, -0.2) is 0 Å². The zero-order valence-electron chi connectivity index (χ0n) is 14.0. The molecule has 0 saturated heterocycles. The molecular weight excluding hydrogens is 304 g/mol. The maximum absolute atomic E-state index is 12.0. The average Bonchev–Trinajstić information content (AvgIpc) is 2.59. The Hall–Kier alpha value is -2.82. The summed E-state index contributed by atoms with van der Waals surface area (Å²) >= 11 is 0. The molecular formula is C19H22N2O3. The van der Waals surface area contributed by atoms with Crippen LogP contribution in [0.4, 0.5) is 0 Å². The van der Waals surface area contributed by atoms with Crippen molar-refractivity contribution < 1.29 is 14.3 Å². The first-order valence-electron chi connectivity index (χ1n) is 7.92. The van der Waals surface area contributed by atoms with Crippen molar-refractivity contribution in [3.63, 3.8) is 0 Å². The van der Waals surface area contributed by atoms with E-state index in [4.69, 9.17) is 4.74 Å². The van der Waals surface area contributed by atoms with Gasteiger partial charge in [-0.05, 0) is 43.7 Å². The van der Waals surface area contributed by atoms with Crippen LogP contribution in [0.2, 0.25) is 0 Å². The summed E-state index contributed by atoms with van der Waals surface area (Å²) in [6.45, 7) is 4.86. The molecule has 0 bridgehead atoms. The highest BCUT2D eigenvalue weighted by Crippen LogP contribution is 2.11. The average molecular weight is 326 g/mol. The van der Waals surface area contributed by atoms with Crippen molar-refractivity contribution in [1.29, 1.82) is 0 Å². The predicted molar refractivity (Wildman–Crippen MR) is 93.0 cm³/mol. The van der Waals surface area contributed by atoms with Crippen molar-refractivity contribution in [2.45, 2.75) is 20.4 Å². The fraction of sp³-hybridized carbons (Fsp3) is 0.263. The van der Waals surface area contributed by atoms with E-state index in [0.29, 0.717) is 24.5 Å². The number of hydrogen-bond donors (Lipinski definition) is 2. The van der Waals surface area contributed by atoms with Gasteiger partial charge >= 0.3 is 0 Å². The summed E-state index contributed by atoms with van der Waals surface area (Å²) in [6.07, 6.45) is 0. The second-order valence-electron chi connectivity index (χ2n) is 5.41. The van der Waals surface area contributed by atoms with Gasteiger partial charge in [-0.15, -0.1) is 0 Å². The fourth-order valence-electron chi connectivity index (χ4n) is 2.22. The molecule has 0 spiro atoms. The van der Waals surface area contributed by atoms with E-state index < -0.39 is 0 Å². The highest BCUT2D eigenvalue weighted by molar-refractivity contribution is 5.96. The summed E-state index contributed by atoms with van der Waals surface area (Å²) in [5.41, 5.74) is 2.66. The van der Waals surface area contributed by atoms with Gasteiger partial charge in [0.05, 0.1) is 13.2 Å². The van der Waals surface area contributed by atoms with Gasteiger partial charge in [0.2, 0.25) is 5.91 Å². The second-order valence-corrected chi connectivity index (χ2v) is 5.41. The molecule has 0 unspecified atom stereocenters. The lowest BCUT2D eigenvalue weighted by atomic mass is 10.1. The zero-order chi connectivity index (χ0) is 17.4. The van der Waals surface area contributed by atoms with Crippen molar-refractivity contribution in [1.82, 2.24) is 10.6 Å². The predicted octanol–water partition coefficient (Wildman–Crippen LogP) is 2.44. The van der Waals surface area contributed by atoms with Crippen LogP contribution in [0.15, 0.2) is 48.5 Å². The van der Waals surface area contributed by atoms with Crippen LogP contribution in [0.25, 0.3) is 0 Å². The van der Waals surface area contributed by atoms with E-state index in [0.717, 1.165) is 11.1 Å². The Bertz CT molecular complexity index is 696. The Morgan fingerprint density at radius 3 is 2.46 bits per heavy atom. The first-order valence-corrected chi connectivity index (χ1v) is 7.92. The molecule has 0 aliphatic rings. The van der Waals surface area contributed by atoms with E-state index in [1.807, 2.05) is 38.1 Å². The number of rotatable bonds is 7. The van der Waals surface area contributed by atoms with E-state index in [1.165, 1.54) is 0 Å². The standard InChI is InChI=1S/C19H22N2O3/c1-3-24-17-9-7-16(8-10-17)19(23)21-13-18(22)20-12-15-6-4-5-14(2)11-15/h4-11H,3,12-13H2,1-2H3,(H,20,22)(H,21,23). The van der Waals surface area contributed by atoms with E-state index in [9.17, 15) is 9.59 Å². The van der Waals surface area contributed by atoms with Crippen LogP contribution in [-0.2, 0) is 11.3 Å². The first kappa shape index (κ1) is 17.5. The lowest BCUT2D eigenvalue weighted by Gasteiger charge is -2.08. The molecule has 2 N–H and O–H groups in total. The largest absolute Gasteiger partial charge is 0.494 e. The maximum atomic E-state index is 12.0. The number of ether oxygens (including phenoxy) is 1. The lowest BCUT2D eigenvalue weighted by Crippen LogP contribution is -2.36. The third-order valence-electron chi connectivity index (χ3n) is 3.41. The summed E-state index contributed by atoms with van der Waals surface area (Å²) in [5.74, 6) is 0.199. The molecule has 24 heavy (non-hydrogen) atoms. The van der Waals surface area contributed by atoms with Crippen molar-refractivity contribution in [3.8, 4) is 5.75 Å². The Balaban J connectivity index is 1.77. The first-order chi connectivity index (χ1) is 11.6. The number of hydrogen-bond acceptors (Lipinski definition) is 3. The van der Waals surface area contributed by atoms with Crippen molar-refractivity contribution in [3.05, 3.63) is 65.2 Å². The van der Waals surface area contributed by atoms with E-state index in [2.05, 4.69) is 10.6 Å². The number of aryl methyl sites for hydroxylation is 1. The quantitative estimate of drug-likeness (QED) is 0.821. The Labute approximate surface area is 142 Å². The molecule has 2 rings (SSSR count). The fourth-order valence-corrected chi connectivity index (χ4v) is 2.22. The number of benzene rings is 2. The Morgan fingerprint density at radius 2 is 1.79 bits per heavy atom. The molecule has 2 aromatic rings. The molecule has 2 aromatic carbocycles. The van der Waals surface area contributed by atoms with Crippen LogP contribution in [0, 0.1) is 6.92 Å². The molecule has 2 amide bonds. The van der Waals surface area contributed by atoms with Crippen molar-refractivity contribution in [2.75, 3.05) is 13.2 Å². The van der Waals surface area contributed by atoms with Crippen LogP contribution >= 0.6 is 0 Å². The topological polar surface area (TPSA) is 67.4 Å². The van der Waals surface area contributed by atoms with Crippen LogP contribution in [-0.4, -0.2) is 25.0 Å². The minimum atomic E-state index is -0.288. The Morgan fingerprint density at radius 1 is 1.04 bits per heavy atom. The molecule has 5 heteroatoms. The number of carbonyl (C=O) groups excluding carboxylic acids is 2. The summed E-state index contributed by atoms with van der Waals surface area (Å²) in [5, 5.41) is 5.39. The molecule has 0 radical (unpaired) electrons. The molecule has 126 valence electrons. The van der Waals surface area contributed by atoms with Gasteiger partial charge in [0.25, 0.3) is 5.91 Å². The summed E-state index contributed by atoms with van der Waals surface area (Å²) < 4.78 is 5.33. The molecule has 0 saturated carbocycles. The maximum Gasteiger partial charge on any atom is 0.251 e.